The second-order valence-electron chi connectivity index (χ2n) is 5.49. The first-order valence-corrected chi connectivity index (χ1v) is 7.04. The molecule has 6 heteroatoms. The monoisotopic (exact) mass is 281 g/mol. The molecule has 0 aliphatic heterocycles. The summed E-state index contributed by atoms with van der Waals surface area (Å²) in [4.78, 5) is 10.8. The van der Waals surface area contributed by atoms with Gasteiger partial charge in [-0.1, -0.05) is 13.8 Å². The number of nitrogens with zero attached hydrogens (tertiary/aromatic N) is 3. The third kappa shape index (κ3) is 5.71. The topological polar surface area (TPSA) is 76.3 Å². The van der Waals surface area contributed by atoms with E-state index in [0.717, 1.165) is 12.4 Å². The molecule has 0 amide bonds. The quantitative estimate of drug-likeness (QED) is 0.753. The summed E-state index contributed by atoms with van der Waals surface area (Å²) in [6.45, 7) is 8.27. The van der Waals surface area contributed by atoms with E-state index < -0.39 is 0 Å². The molecule has 114 valence electrons. The van der Waals surface area contributed by atoms with Gasteiger partial charge in [-0.25, -0.2) is 9.97 Å². The molecule has 0 spiro atoms. The lowest BCUT2D eigenvalue weighted by Crippen LogP contribution is -2.36. The van der Waals surface area contributed by atoms with E-state index in [0.29, 0.717) is 36.8 Å². The van der Waals surface area contributed by atoms with Crippen molar-refractivity contribution in [1.29, 1.82) is 0 Å². The van der Waals surface area contributed by atoms with Gasteiger partial charge in [0.2, 0.25) is 0 Å². The minimum atomic E-state index is 0.305. The van der Waals surface area contributed by atoms with Crippen molar-refractivity contribution in [2.75, 3.05) is 38.3 Å². The van der Waals surface area contributed by atoms with Gasteiger partial charge < -0.3 is 20.7 Å². The number of likely N-dealkylation sites (N-methyl/N-ethyl adjacent to an activating group) is 1. The maximum absolute atomic E-state index is 5.83. The van der Waals surface area contributed by atoms with Crippen molar-refractivity contribution in [2.24, 2.45) is 5.92 Å². The van der Waals surface area contributed by atoms with Crippen molar-refractivity contribution in [3.05, 3.63) is 11.9 Å². The Morgan fingerprint density at radius 1 is 1.35 bits per heavy atom. The van der Waals surface area contributed by atoms with Gasteiger partial charge in [-0.05, 0) is 26.9 Å². The van der Waals surface area contributed by atoms with Crippen molar-refractivity contribution in [3.8, 4) is 0 Å². The molecule has 1 aromatic rings. The second kappa shape index (κ2) is 8.01. The maximum Gasteiger partial charge on any atom is 0.158 e. The van der Waals surface area contributed by atoms with Crippen molar-refractivity contribution in [1.82, 2.24) is 14.9 Å². The van der Waals surface area contributed by atoms with Crippen LogP contribution < -0.4 is 11.1 Å². The van der Waals surface area contributed by atoms with Crippen LogP contribution in [0.25, 0.3) is 0 Å². The Kier molecular flexibility index (Phi) is 6.67. The Morgan fingerprint density at radius 2 is 2.05 bits per heavy atom. The van der Waals surface area contributed by atoms with Gasteiger partial charge >= 0.3 is 0 Å². The summed E-state index contributed by atoms with van der Waals surface area (Å²) in [6, 6.07) is 2.07. The third-order valence-electron chi connectivity index (χ3n) is 2.93. The number of hydrogen-bond donors (Lipinski definition) is 2. The van der Waals surface area contributed by atoms with Crippen molar-refractivity contribution in [2.45, 2.75) is 33.4 Å². The van der Waals surface area contributed by atoms with Crippen LogP contribution in [0, 0.1) is 5.92 Å². The minimum Gasteiger partial charge on any atom is -0.384 e. The summed E-state index contributed by atoms with van der Waals surface area (Å²) in [6.07, 6.45) is 0. The smallest absolute Gasteiger partial charge is 0.158 e. The fraction of sp³-hybridized carbons (Fsp3) is 0.714. The Morgan fingerprint density at radius 3 is 2.60 bits per heavy atom. The molecule has 1 rings (SSSR count). The normalized spacial score (nSPS) is 12.9. The highest BCUT2D eigenvalue weighted by molar-refractivity contribution is 5.45. The summed E-state index contributed by atoms with van der Waals surface area (Å²) < 4.78 is 5.33. The second-order valence-corrected chi connectivity index (χ2v) is 5.49. The van der Waals surface area contributed by atoms with E-state index in [9.17, 15) is 0 Å². The fourth-order valence-corrected chi connectivity index (χ4v) is 1.86. The van der Waals surface area contributed by atoms with Crippen LogP contribution in [0.1, 0.15) is 26.6 Å². The molecule has 1 heterocycles. The molecule has 0 radical (unpaired) electrons. The zero-order valence-electron chi connectivity index (χ0n) is 13.2. The van der Waals surface area contributed by atoms with Gasteiger partial charge in [-0.15, -0.1) is 0 Å². The van der Waals surface area contributed by atoms with Crippen LogP contribution >= 0.6 is 0 Å². The van der Waals surface area contributed by atoms with Crippen molar-refractivity contribution in [3.63, 3.8) is 0 Å². The van der Waals surface area contributed by atoms with Gasteiger partial charge in [0.25, 0.3) is 0 Å². The molecule has 20 heavy (non-hydrogen) atoms. The van der Waals surface area contributed by atoms with Gasteiger partial charge in [-0.2, -0.15) is 0 Å². The molecule has 3 N–H and O–H groups in total. The molecule has 0 aliphatic rings. The molecule has 0 fully saturated rings. The number of hydrogen-bond acceptors (Lipinski definition) is 6. The van der Waals surface area contributed by atoms with E-state index in [1.54, 1.807) is 6.07 Å². The van der Waals surface area contributed by atoms with Crippen LogP contribution in [0.3, 0.4) is 0 Å². The van der Waals surface area contributed by atoms with Gasteiger partial charge in [0, 0.05) is 25.3 Å². The van der Waals surface area contributed by atoms with Crippen molar-refractivity contribution >= 4 is 11.6 Å². The lowest BCUT2D eigenvalue weighted by Gasteiger charge is -2.26. The highest BCUT2D eigenvalue weighted by Gasteiger charge is 2.15. The first-order valence-electron chi connectivity index (χ1n) is 7.04. The Balaban J connectivity index is 2.80. The number of anilines is 2. The van der Waals surface area contributed by atoms with Gasteiger partial charge in [0.05, 0.1) is 0 Å². The minimum absolute atomic E-state index is 0.305. The molecule has 1 aromatic heterocycles. The summed E-state index contributed by atoms with van der Waals surface area (Å²) in [5.41, 5.74) is 5.83. The number of nitrogens with two attached hydrogens (primary N) is 1. The van der Waals surface area contributed by atoms with Crippen molar-refractivity contribution < 1.29 is 4.74 Å². The first kappa shape index (κ1) is 16.7. The largest absolute Gasteiger partial charge is 0.384 e. The molecule has 6 nitrogen and oxygen atoms in total. The van der Waals surface area contributed by atoms with Crippen LogP contribution in [0.5, 0.6) is 0 Å². The molecule has 1 unspecified atom stereocenters. The third-order valence-corrected chi connectivity index (χ3v) is 2.93. The summed E-state index contributed by atoms with van der Waals surface area (Å²) in [5, 5.41) is 3.44. The molecular formula is C14H27N5O. The highest BCUT2D eigenvalue weighted by atomic mass is 16.5. The zero-order valence-corrected chi connectivity index (χ0v) is 13.2. The standard InChI is InChI=1S/C14H27N5O/c1-6-20-9-14-17-12(15)7-13(18-14)16-11(10(2)3)8-19(4)5/h7,10-11H,6,8-9H2,1-5H3,(H3,15,16,17,18). The Bertz CT molecular complexity index is 409. The average Bonchev–Trinajstić information content (AvgIpc) is 2.34. The molecule has 0 aromatic carbocycles. The maximum atomic E-state index is 5.83. The molecule has 0 saturated carbocycles. The predicted octanol–water partition coefficient (Wildman–Crippen LogP) is 1.59. The van der Waals surface area contributed by atoms with Gasteiger partial charge in [0.1, 0.15) is 18.2 Å². The fourth-order valence-electron chi connectivity index (χ4n) is 1.86. The molecule has 1 atom stereocenters. The Labute approximate surface area is 121 Å². The van der Waals surface area contributed by atoms with Gasteiger partial charge in [-0.3, -0.25) is 0 Å². The summed E-state index contributed by atoms with van der Waals surface area (Å²) >= 11 is 0. The van der Waals surface area contributed by atoms with E-state index in [4.69, 9.17) is 10.5 Å². The zero-order chi connectivity index (χ0) is 15.1. The molecular weight excluding hydrogens is 254 g/mol. The van der Waals surface area contributed by atoms with E-state index in [1.807, 2.05) is 6.92 Å². The number of nitrogens with one attached hydrogen (secondary N) is 1. The average molecular weight is 281 g/mol. The first-order chi connectivity index (χ1) is 9.42. The number of ether oxygens (including phenoxy) is 1. The van der Waals surface area contributed by atoms with Crippen LogP contribution in [0.15, 0.2) is 6.07 Å². The van der Waals surface area contributed by atoms with E-state index in [2.05, 4.69) is 48.1 Å². The highest BCUT2D eigenvalue weighted by Crippen LogP contribution is 2.14. The van der Waals surface area contributed by atoms with Crippen LogP contribution in [0.2, 0.25) is 0 Å². The van der Waals surface area contributed by atoms with E-state index in [1.165, 1.54) is 0 Å². The summed E-state index contributed by atoms with van der Waals surface area (Å²) in [5.74, 6) is 2.32. The molecule has 0 aliphatic carbocycles. The van der Waals surface area contributed by atoms with Crippen LogP contribution in [-0.4, -0.2) is 48.2 Å². The number of aromatic nitrogens is 2. The van der Waals surface area contributed by atoms with Gasteiger partial charge in [0.15, 0.2) is 5.82 Å². The van der Waals surface area contributed by atoms with Crippen LogP contribution in [-0.2, 0) is 11.3 Å². The lowest BCUT2D eigenvalue weighted by molar-refractivity contribution is 0.128. The van der Waals surface area contributed by atoms with E-state index in [-0.39, 0.29) is 0 Å². The predicted molar refractivity (Wildman–Crippen MR) is 82.6 cm³/mol. The Hall–Kier alpha value is -1.40. The summed E-state index contributed by atoms with van der Waals surface area (Å²) in [7, 11) is 4.12. The lowest BCUT2D eigenvalue weighted by atomic mass is 10.0. The molecule has 0 bridgehead atoms. The van der Waals surface area contributed by atoms with E-state index >= 15 is 0 Å². The molecule has 0 saturated heterocycles. The van der Waals surface area contributed by atoms with Crippen LogP contribution in [0.4, 0.5) is 11.6 Å². The number of rotatable bonds is 8. The number of nitrogen functional groups attached to an aromatic ring is 1. The SMILES string of the molecule is CCOCc1nc(N)cc(NC(CN(C)C)C(C)C)n1.